The van der Waals surface area contributed by atoms with E-state index in [9.17, 15) is 4.79 Å². The first-order valence-electron chi connectivity index (χ1n) is 8.00. The van der Waals surface area contributed by atoms with Crippen molar-refractivity contribution in [2.24, 2.45) is 0 Å². The van der Waals surface area contributed by atoms with Gasteiger partial charge in [0.05, 0.1) is 23.7 Å². The molecule has 2 aromatic carbocycles. The summed E-state index contributed by atoms with van der Waals surface area (Å²) in [5, 5.41) is 1.76. The number of para-hydroxylation sites is 1. The Labute approximate surface area is 150 Å². The van der Waals surface area contributed by atoms with Crippen LogP contribution in [0.15, 0.2) is 72.5 Å². The molecule has 0 spiro atoms. The fourth-order valence-electron chi connectivity index (χ4n) is 3.40. The molecule has 0 fully saturated rings. The van der Waals surface area contributed by atoms with Crippen LogP contribution in [0.3, 0.4) is 0 Å². The van der Waals surface area contributed by atoms with Gasteiger partial charge in [-0.3, -0.25) is 0 Å². The first-order chi connectivity index (χ1) is 12.2. The van der Waals surface area contributed by atoms with Gasteiger partial charge >= 0.3 is 5.97 Å². The topological polar surface area (TPSA) is 31.2 Å². The maximum atomic E-state index is 11.6. The molecule has 1 atom stereocenters. The van der Waals surface area contributed by atoms with Crippen molar-refractivity contribution in [1.29, 1.82) is 0 Å². The second kappa shape index (κ2) is 6.26. The van der Waals surface area contributed by atoms with Crippen molar-refractivity contribution in [2.75, 3.05) is 7.11 Å². The summed E-state index contributed by atoms with van der Waals surface area (Å²) in [5.41, 5.74) is 4.33. The summed E-state index contributed by atoms with van der Waals surface area (Å²) in [6, 6.07) is 16.2. The summed E-state index contributed by atoms with van der Waals surface area (Å²) in [6.07, 6.45) is 7.35. The molecule has 25 heavy (non-hydrogen) atoms. The minimum absolute atomic E-state index is 0.0491. The van der Waals surface area contributed by atoms with Crippen molar-refractivity contribution in [3.63, 3.8) is 0 Å². The molecule has 1 aromatic heterocycles. The number of nitrogens with zero attached hydrogens (tertiary/aromatic N) is 1. The Morgan fingerprint density at radius 1 is 1.16 bits per heavy atom. The smallest absolute Gasteiger partial charge is 0.330 e. The molecule has 0 saturated carbocycles. The zero-order valence-electron chi connectivity index (χ0n) is 13.6. The molecule has 2 heterocycles. The second-order valence-corrected chi connectivity index (χ2v) is 6.35. The van der Waals surface area contributed by atoms with Crippen LogP contribution in [0.25, 0.3) is 17.0 Å². The van der Waals surface area contributed by atoms with E-state index in [0.29, 0.717) is 0 Å². The van der Waals surface area contributed by atoms with Crippen LogP contribution in [0.5, 0.6) is 0 Å². The normalized spacial score (nSPS) is 16.2. The SMILES string of the molecule is COC(=O)/C=C/C1=Cc2cccc3c(Cl)cn(c23)C1c1ccccc1. The lowest BCUT2D eigenvalue weighted by Crippen LogP contribution is -2.15. The zero-order valence-corrected chi connectivity index (χ0v) is 14.4. The number of hydrogen-bond acceptors (Lipinski definition) is 2. The van der Waals surface area contributed by atoms with Gasteiger partial charge in [0.15, 0.2) is 0 Å². The molecule has 124 valence electrons. The van der Waals surface area contributed by atoms with Crippen LogP contribution in [0, 0.1) is 0 Å². The van der Waals surface area contributed by atoms with Gasteiger partial charge in [-0.1, -0.05) is 60.1 Å². The molecule has 0 aliphatic carbocycles. The van der Waals surface area contributed by atoms with Crippen LogP contribution < -0.4 is 0 Å². The Hall–Kier alpha value is -2.78. The molecule has 1 unspecified atom stereocenters. The Morgan fingerprint density at radius 2 is 1.96 bits per heavy atom. The van der Waals surface area contributed by atoms with Crippen molar-refractivity contribution >= 4 is 34.5 Å². The fraction of sp³-hybridized carbons (Fsp3) is 0.0952. The zero-order chi connectivity index (χ0) is 17.4. The number of rotatable bonds is 3. The number of carbonyl (C=O) groups is 1. The van der Waals surface area contributed by atoms with Gasteiger partial charge in [0.2, 0.25) is 0 Å². The van der Waals surface area contributed by atoms with Crippen LogP contribution in [-0.2, 0) is 9.53 Å². The molecule has 0 radical (unpaired) electrons. The minimum Gasteiger partial charge on any atom is -0.466 e. The highest BCUT2D eigenvalue weighted by atomic mass is 35.5. The van der Waals surface area contributed by atoms with Crippen LogP contribution >= 0.6 is 11.6 Å². The first kappa shape index (κ1) is 15.7. The number of ether oxygens (including phenoxy) is 1. The average molecular weight is 350 g/mol. The number of halogens is 1. The highest BCUT2D eigenvalue weighted by molar-refractivity contribution is 6.35. The lowest BCUT2D eigenvalue weighted by Gasteiger charge is -2.26. The van der Waals surface area contributed by atoms with E-state index in [1.165, 1.54) is 13.2 Å². The molecule has 1 aliphatic heterocycles. The number of esters is 1. The quantitative estimate of drug-likeness (QED) is 0.491. The number of carbonyl (C=O) groups excluding carboxylic acids is 1. The number of methoxy groups -OCH3 is 1. The van der Waals surface area contributed by atoms with E-state index < -0.39 is 0 Å². The third-order valence-electron chi connectivity index (χ3n) is 4.48. The van der Waals surface area contributed by atoms with Crippen LogP contribution in [0.2, 0.25) is 5.02 Å². The third-order valence-corrected chi connectivity index (χ3v) is 4.78. The predicted molar refractivity (Wildman–Crippen MR) is 101 cm³/mol. The number of allylic oxidation sites excluding steroid dienone is 2. The third kappa shape index (κ3) is 2.67. The van der Waals surface area contributed by atoms with Gasteiger partial charge in [-0.05, 0) is 28.9 Å². The van der Waals surface area contributed by atoms with Gasteiger partial charge in [-0.2, -0.15) is 0 Å². The van der Waals surface area contributed by atoms with Crippen molar-refractivity contribution in [3.05, 3.63) is 88.6 Å². The van der Waals surface area contributed by atoms with E-state index in [4.69, 9.17) is 16.3 Å². The van der Waals surface area contributed by atoms with Crippen molar-refractivity contribution in [3.8, 4) is 0 Å². The summed E-state index contributed by atoms with van der Waals surface area (Å²) in [6.45, 7) is 0. The molecule has 0 amide bonds. The Balaban J connectivity index is 1.94. The van der Waals surface area contributed by atoms with Gasteiger partial charge in [0, 0.05) is 17.7 Å². The van der Waals surface area contributed by atoms with E-state index >= 15 is 0 Å². The van der Waals surface area contributed by atoms with Crippen LogP contribution in [0.4, 0.5) is 0 Å². The summed E-state index contributed by atoms with van der Waals surface area (Å²) < 4.78 is 6.91. The molecule has 1 aliphatic rings. The highest BCUT2D eigenvalue weighted by Crippen LogP contribution is 2.41. The highest BCUT2D eigenvalue weighted by Gasteiger charge is 2.25. The Bertz CT molecular complexity index is 1020. The number of hydrogen-bond donors (Lipinski definition) is 0. The van der Waals surface area contributed by atoms with Gasteiger partial charge in [-0.15, -0.1) is 0 Å². The second-order valence-electron chi connectivity index (χ2n) is 5.94. The van der Waals surface area contributed by atoms with E-state index in [1.54, 1.807) is 0 Å². The van der Waals surface area contributed by atoms with Crippen molar-refractivity contribution in [1.82, 2.24) is 4.57 Å². The Morgan fingerprint density at radius 3 is 2.72 bits per heavy atom. The first-order valence-corrected chi connectivity index (χ1v) is 8.38. The molecule has 0 bridgehead atoms. The van der Waals surface area contributed by atoms with E-state index in [2.05, 4.69) is 28.8 Å². The minimum atomic E-state index is -0.373. The largest absolute Gasteiger partial charge is 0.466 e. The molecular weight excluding hydrogens is 334 g/mol. The van der Waals surface area contributed by atoms with Gasteiger partial charge < -0.3 is 9.30 Å². The standard InChI is InChI=1S/C21H16ClNO2/c1-25-19(24)11-10-16-12-15-8-5-9-17-18(22)13-23(21(15)17)20(16)14-6-3-2-4-7-14/h2-13,20H,1H3/b11-10+. The van der Waals surface area contributed by atoms with Gasteiger partial charge in [0.25, 0.3) is 0 Å². The van der Waals surface area contributed by atoms with Crippen LogP contribution in [-0.4, -0.2) is 17.6 Å². The predicted octanol–water partition coefficient (Wildman–Crippen LogP) is 5.01. The number of benzene rings is 2. The monoisotopic (exact) mass is 349 g/mol. The van der Waals surface area contributed by atoms with Gasteiger partial charge in [0.1, 0.15) is 0 Å². The van der Waals surface area contributed by atoms with Gasteiger partial charge in [-0.25, -0.2) is 4.79 Å². The Kier molecular flexibility index (Phi) is 3.94. The number of aromatic nitrogens is 1. The summed E-state index contributed by atoms with van der Waals surface area (Å²) >= 11 is 6.47. The molecule has 3 nitrogen and oxygen atoms in total. The fourth-order valence-corrected chi connectivity index (χ4v) is 3.66. The van der Waals surface area contributed by atoms with E-state index in [1.807, 2.05) is 42.6 Å². The summed E-state index contributed by atoms with van der Waals surface area (Å²) in [4.78, 5) is 11.6. The van der Waals surface area contributed by atoms with Crippen molar-refractivity contribution in [2.45, 2.75) is 6.04 Å². The van der Waals surface area contributed by atoms with Crippen molar-refractivity contribution < 1.29 is 9.53 Å². The van der Waals surface area contributed by atoms with Crippen LogP contribution in [0.1, 0.15) is 17.2 Å². The lowest BCUT2D eigenvalue weighted by atomic mass is 9.92. The summed E-state index contributed by atoms with van der Waals surface area (Å²) in [5.74, 6) is -0.373. The lowest BCUT2D eigenvalue weighted by molar-refractivity contribution is -0.134. The average Bonchev–Trinajstić information content (AvgIpc) is 2.98. The molecule has 0 N–H and O–H groups in total. The molecule has 3 aromatic rings. The molecule has 4 heteroatoms. The van der Waals surface area contributed by atoms with E-state index in [-0.39, 0.29) is 12.0 Å². The summed E-state index contributed by atoms with van der Waals surface area (Å²) in [7, 11) is 1.38. The maximum Gasteiger partial charge on any atom is 0.330 e. The molecule has 4 rings (SSSR count). The molecule has 0 saturated heterocycles. The maximum absolute atomic E-state index is 11.6. The van der Waals surface area contributed by atoms with E-state index in [0.717, 1.165) is 32.6 Å². The molecular formula is C21H16ClNO2.